The predicted molar refractivity (Wildman–Crippen MR) is 72.8 cm³/mol. The van der Waals surface area contributed by atoms with Crippen LogP contribution in [0, 0.1) is 5.92 Å². The van der Waals surface area contributed by atoms with E-state index in [2.05, 4.69) is 5.32 Å². The number of Topliss-reactive ketones (excluding diaryl/α,β-unsaturated/α-hetero) is 1. The van der Waals surface area contributed by atoms with Crippen LogP contribution < -0.4 is 5.32 Å². The van der Waals surface area contributed by atoms with Crippen molar-refractivity contribution in [3.05, 3.63) is 29.8 Å². The molecule has 0 saturated heterocycles. The van der Waals surface area contributed by atoms with E-state index in [1.807, 2.05) is 25.9 Å². The first kappa shape index (κ1) is 14.4. The number of benzene rings is 1. The molecule has 0 spiro atoms. The molecule has 1 atom stereocenters. The van der Waals surface area contributed by atoms with Gasteiger partial charge in [-0.3, -0.25) is 9.59 Å². The van der Waals surface area contributed by atoms with E-state index < -0.39 is 0 Å². The molecule has 0 saturated carbocycles. The van der Waals surface area contributed by atoms with Gasteiger partial charge in [0.15, 0.2) is 5.78 Å². The van der Waals surface area contributed by atoms with Crippen molar-refractivity contribution in [1.29, 1.82) is 0 Å². The number of hydrogen-bond acceptors (Lipinski definition) is 3. The van der Waals surface area contributed by atoms with Gasteiger partial charge in [-0.2, -0.15) is 0 Å². The van der Waals surface area contributed by atoms with Crippen LogP contribution in [-0.2, 0) is 4.79 Å². The number of ketones is 1. The average Bonchev–Trinajstić information content (AvgIpc) is 2.27. The van der Waals surface area contributed by atoms with Crippen molar-refractivity contribution in [3.8, 4) is 0 Å². The van der Waals surface area contributed by atoms with E-state index in [4.69, 9.17) is 0 Å². The highest BCUT2D eigenvalue weighted by Crippen LogP contribution is 2.14. The summed E-state index contributed by atoms with van der Waals surface area (Å²) in [5.74, 6) is -0.0280. The Kier molecular flexibility index (Phi) is 5.04. The van der Waals surface area contributed by atoms with Gasteiger partial charge in [0.1, 0.15) is 0 Å². The molecule has 0 heterocycles. The Hall–Kier alpha value is -1.68. The Morgan fingerprint density at radius 1 is 1.22 bits per heavy atom. The van der Waals surface area contributed by atoms with Crippen molar-refractivity contribution >= 4 is 17.4 Å². The van der Waals surface area contributed by atoms with E-state index in [-0.39, 0.29) is 17.6 Å². The lowest BCUT2D eigenvalue weighted by atomic mass is 9.99. The second kappa shape index (κ2) is 6.31. The van der Waals surface area contributed by atoms with Gasteiger partial charge < -0.3 is 10.2 Å². The molecule has 4 nitrogen and oxygen atoms in total. The highest BCUT2D eigenvalue weighted by Gasteiger charge is 2.15. The minimum absolute atomic E-state index is 0.0355. The molecule has 0 aliphatic carbocycles. The molecule has 0 aliphatic heterocycles. The van der Waals surface area contributed by atoms with Crippen molar-refractivity contribution in [2.45, 2.75) is 13.8 Å². The van der Waals surface area contributed by atoms with Gasteiger partial charge in [0.05, 0.1) is 0 Å². The van der Waals surface area contributed by atoms with Gasteiger partial charge in [-0.1, -0.05) is 6.92 Å². The molecule has 1 N–H and O–H groups in total. The van der Waals surface area contributed by atoms with E-state index in [0.717, 1.165) is 6.54 Å². The first-order chi connectivity index (χ1) is 8.40. The molecule has 1 aromatic rings. The van der Waals surface area contributed by atoms with Crippen LogP contribution in [0.4, 0.5) is 5.69 Å². The molecule has 0 radical (unpaired) electrons. The van der Waals surface area contributed by atoms with Crippen LogP contribution in [0.25, 0.3) is 0 Å². The van der Waals surface area contributed by atoms with E-state index >= 15 is 0 Å². The zero-order valence-corrected chi connectivity index (χ0v) is 11.4. The molecular formula is C14H20N2O2. The lowest BCUT2D eigenvalue weighted by Gasteiger charge is -2.15. The van der Waals surface area contributed by atoms with Crippen LogP contribution >= 0.6 is 0 Å². The number of carbonyl (C=O) groups excluding carboxylic acids is 2. The van der Waals surface area contributed by atoms with Crippen LogP contribution in [0.5, 0.6) is 0 Å². The highest BCUT2D eigenvalue weighted by molar-refractivity contribution is 5.98. The third kappa shape index (κ3) is 4.30. The molecular weight excluding hydrogens is 228 g/mol. The maximum atomic E-state index is 12.1. The number of rotatable bonds is 5. The lowest BCUT2D eigenvalue weighted by Crippen LogP contribution is -2.25. The maximum Gasteiger partial charge on any atom is 0.221 e. The number of amides is 1. The summed E-state index contributed by atoms with van der Waals surface area (Å²) in [7, 11) is 3.90. The standard InChI is InChI=1S/C14H20N2O2/c1-10(9-16(3)4)14(18)12-5-7-13(8-6-12)15-11(2)17/h5-8,10H,9H2,1-4H3,(H,15,17). The van der Waals surface area contributed by atoms with Crippen molar-refractivity contribution in [3.63, 3.8) is 0 Å². The zero-order chi connectivity index (χ0) is 13.7. The minimum Gasteiger partial charge on any atom is -0.326 e. The summed E-state index contributed by atoms with van der Waals surface area (Å²) in [5, 5.41) is 2.67. The second-order valence-corrected chi connectivity index (χ2v) is 4.79. The molecule has 1 amide bonds. The van der Waals surface area contributed by atoms with E-state index in [1.165, 1.54) is 6.92 Å². The first-order valence-corrected chi connectivity index (χ1v) is 5.96. The van der Waals surface area contributed by atoms with Gasteiger partial charge in [-0.25, -0.2) is 0 Å². The Labute approximate surface area is 108 Å². The molecule has 1 unspecified atom stereocenters. The Morgan fingerprint density at radius 3 is 2.22 bits per heavy atom. The monoisotopic (exact) mass is 248 g/mol. The molecule has 0 aromatic heterocycles. The summed E-state index contributed by atoms with van der Waals surface area (Å²) in [6, 6.07) is 6.99. The van der Waals surface area contributed by atoms with Crippen molar-refractivity contribution in [2.75, 3.05) is 26.0 Å². The van der Waals surface area contributed by atoms with Crippen LogP contribution in [0.1, 0.15) is 24.2 Å². The Balaban J connectivity index is 2.72. The summed E-state index contributed by atoms with van der Waals surface area (Å²) in [4.78, 5) is 25.0. The van der Waals surface area contributed by atoms with E-state index in [0.29, 0.717) is 11.3 Å². The minimum atomic E-state index is -0.116. The van der Waals surface area contributed by atoms with Gasteiger partial charge in [0.25, 0.3) is 0 Å². The third-order valence-corrected chi connectivity index (χ3v) is 2.58. The van der Waals surface area contributed by atoms with Crippen molar-refractivity contribution < 1.29 is 9.59 Å². The number of nitrogens with one attached hydrogen (secondary N) is 1. The fourth-order valence-corrected chi connectivity index (χ4v) is 1.84. The predicted octanol–water partition coefficient (Wildman–Crippen LogP) is 2.03. The van der Waals surface area contributed by atoms with Gasteiger partial charge >= 0.3 is 0 Å². The second-order valence-electron chi connectivity index (χ2n) is 4.79. The summed E-state index contributed by atoms with van der Waals surface area (Å²) < 4.78 is 0. The largest absolute Gasteiger partial charge is 0.326 e. The van der Waals surface area contributed by atoms with Gasteiger partial charge in [0.2, 0.25) is 5.91 Å². The number of nitrogens with zero attached hydrogens (tertiary/aromatic N) is 1. The molecule has 1 aromatic carbocycles. The molecule has 18 heavy (non-hydrogen) atoms. The van der Waals surface area contributed by atoms with Crippen LogP contribution in [0.15, 0.2) is 24.3 Å². The zero-order valence-electron chi connectivity index (χ0n) is 11.4. The first-order valence-electron chi connectivity index (χ1n) is 5.96. The Bertz CT molecular complexity index is 424. The molecule has 0 aliphatic rings. The average molecular weight is 248 g/mol. The summed E-state index contributed by atoms with van der Waals surface area (Å²) in [6.45, 7) is 4.11. The number of anilines is 1. The smallest absolute Gasteiger partial charge is 0.221 e. The summed E-state index contributed by atoms with van der Waals surface area (Å²) in [5.41, 5.74) is 1.39. The molecule has 0 bridgehead atoms. The van der Waals surface area contributed by atoms with Gasteiger partial charge in [0, 0.05) is 30.6 Å². The highest BCUT2D eigenvalue weighted by atomic mass is 16.1. The molecule has 0 fully saturated rings. The van der Waals surface area contributed by atoms with E-state index in [9.17, 15) is 9.59 Å². The molecule has 98 valence electrons. The summed E-state index contributed by atoms with van der Waals surface area (Å²) in [6.07, 6.45) is 0. The fourth-order valence-electron chi connectivity index (χ4n) is 1.84. The van der Waals surface area contributed by atoms with Gasteiger partial charge in [-0.05, 0) is 38.4 Å². The van der Waals surface area contributed by atoms with E-state index in [1.54, 1.807) is 24.3 Å². The lowest BCUT2D eigenvalue weighted by molar-refractivity contribution is -0.114. The SMILES string of the molecule is CC(=O)Nc1ccc(C(=O)C(C)CN(C)C)cc1. The number of carbonyl (C=O) groups is 2. The maximum absolute atomic E-state index is 12.1. The Morgan fingerprint density at radius 2 is 1.78 bits per heavy atom. The third-order valence-electron chi connectivity index (χ3n) is 2.58. The molecule has 1 rings (SSSR count). The topological polar surface area (TPSA) is 49.4 Å². The summed E-state index contributed by atoms with van der Waals surface area (Å²) >= 11 is 0. The van der Waals surface area contributed by atoms with Crippen LogP contribution in [0.3, 0.4) is 0 Å². The van der Waals surface area contributed by atoms with Gasteiger partial charge in [-0.15, -0.1) is 0 Å². The molecule has 4 heteroatoms. The van der Waals surface area contributed by atoms with Crippen LogP contribution in [0.2, 0.25) is 0 Å². The van der Waals surface area contributed by atoms with Crippen molar-refractivity contribution in [1.82, 2.24) is 4.90 Å². The van der Waals surface area contributed by atoms with Crippen LogP contribution in [-0.4, -0.2) is 37.2 Å². The number of hydrogen-bond donors (Lipinski definition) is 1. The van der Waals surface area contributed by atoms with Crippen molar-refractivity contribution in [2.24, 2.45) is 5.92 Å². The fraction of sp³-hybridized carbons (Fsp3) is 0.429. The normalized spacial score (nSPS) is 12.3. The quantitative estimate of drug-likeness (QED) is 0.811.